The van der Waals surface area contributed by atoms with E-state index in [0.29, 0.717) is 11.0 Å². The third-order valence-corrected chi connectivity index (χ3v) is 7.08. The van der Waals surface area contributed by atoms with Crippen molar-refractivity contribution in [2.45, 2.75) is 43.5 Å². The van der Waals surface area contributed by atoms with Crippen LogP contribution in [0, 0.1) is 0 Å². The first-order valence-corrected chi connectivity index (χ1v) is 10.0. The summed E-state index contributed by atoms with van der Waals surface area (Å²) in [5.41, 5.74) is -1.03. The van der Waals surface area contributed by atoms with Gasteiger partial charge in [0.2, 0.25) is 5.91 Å². The summed E-state index contributed by atoms with van der Waals surface area (Å²) in [6.07, 6.45) is 5.05. The van der Waals surface area contributed by atoms with Crippen LogP contribution in [0.2, 0.25) is 0 Å². The van der Waals surface area contributed by atoms with E-state index in [9.17, 15) is 9.90 Å². The molecule has 124 valence electrons. The molecule has 2 aromatic rings. The van der Waals surface area contributed by atoms with Crippen molar-refractivity contribution in [3.63, 3.8) is 0 Å². The Kier molecular flexibility index (Phi) is 5.29. The molecular weight excluding hydrogens is 326 g/mol. The summed E-state index contributed by atoms with van der Waals surface area (Å²) in [7, 11) is 0. The third kappa shape index (κ3) is 4.28. The number of thiophene rings is 1. The Morgan fingerprint density at radius 3 is 2.87 bits per heavy atom. The van der Waals surface area contributed by atoms with Crippen LogP contribution in [0.3, 0.4) is 0 Å². The molecule has 0 bridgehead atoms. The first kappa shape index (κ1) is 16.8. The van der Waals surface area contributed by atoms with Crippen molar-refractivity contribution in [2.24, 2.45) is 0 Å². The molecule has 1 aliphatic carbocycles. The van der Waals surface area contributed by atoms with Crippen LogP contribution in [0.25, 0.3) is 10.1 Å². The number of hydrogen-bond acceptors (Lipinski definition) is 4. The zero-order chi connectivity index (χ0) is 16.3. The van der Waals surface area contributed by atoms with Crippen molar-refractivity contribution >= 4 is 39.1 Å². The summed E-state index contributed by atoms with van der Waals surface area (Å²) in [6, 6.07) is 10.1. The van der Waals surface area contributed by atoms with Crippen LogP contribution >= 0.6 is 23.1 Å². The van der Waals surface area contributed by atoms with Gasteiger partial charge in [-0.2, -0.15) is 0 Å². The maximum Gasteiger partial charge on any atom is 0.230 e. The molecular formula is C18H23NO2S2. The van der Waals surface area contributed by atoms with Gasteiger partial charge in [-0.05, 0) is 37.3 Å². The number of carbonyl (C=O) groups is 1. The number of carbonyl (C=O) groups excluding carboxylic acids is 1. The van der Waals surface area contributed by atoms with Crippen molar-refractivity contribution in [1.82, 2.24) is 5.32 Å². The van der Waals surface area contributed by atoms with E-state index in [-0.39, 0.29) is 12.5 Å². The van der Waals surface area contributed by atoms with Crippen molar-refractivity contribution in [3.05, 3.63) is 35.2 Å². The Hall–Kier alpha value is -1.04. The molecule has 1 aromatic carbocycles. The second-order valence-corrected chi connectivity index (χ2v) is 8.79. The maximum atomic E-state index is 12.0. The molecule has 0 unspecified atom stereocenters. The van der Waals surface area contributed by atoms with Crippen LogP contribution in [0.4, 0.5) is 0 Å². The Morgan fingerprint density at radius 1 is 1.39 bits per heavy atom. The fourth-order valence-electron chi connectivity index (χ4n) is 2.90. The van der Waals surface area contributed by atoms with Crippen LogP contribution in [-0.2, 0) is 10.4 Å². The molecule has 3 nitrogen and oxygen atoms in total. The van der Waals surface area contributed by atoms with Gasteiger partial charge in [-0.1, -0.05) is 31.0 Å². The number of fused-ring (bicyclic) bond motifs is 1. The van der Waals surface area contributed by atoms with E-state index >= 15 is 0 Å². The third-order valence-electron chi connectivity index (χ3n) is 4.34. The van der Waals surface area contributed by atoms with Crippen LogP contribution in [0.1, 0.15) is 37.5 Å². The van der Waals surface area contributed by atoms with E-state index in [4.69, 9.17) is 0 Å². The lowest BCUT2D eigenvalue weighted by Crippen LogP contribution is -2.39. The van der Waals surface area contributed by atoms with E-state index in [2.05, 4.69) is 11.4 Å². The van der Waals surface area contributed by atoms with Gasteiger partial charge in [0.25, 0.3) is 0 Å². The molecule has 1 aromatic heterocycles. The summed E-state index contributed by atoms with van der Waals surface area (Å²) in [5, 5.41) is 15.4. The number of benzene rings is 1. The van der Waals surface area contributed by atoms with Crippen LogP contribution in [-0.4, -0.2) is 28.6 Å². The van der Waals surface area contributed by atoms with E-state index in [1.165, 1.54) is 25.7 Å². The van der Waals surface area contributed by atoms with Gasteiger partial charge in [0.05, 0.1) is 12.3 Å². The molecule has 3 rings (SSSR count). The zero-order valence-corrected chi connectivity index (χ0v) is 15.0. The average Bonchev–Trinajstić information content (AvgIpc) is 3.20. The quantitative estimate of drug-likeness (QED) is 0.831. The van der Waals surface area contributed by atoms with Gasteiger partial charge in [0, 0.05) is 14.8 Å². The van der Waals surface area contributed by atoms with Gasteiger partial charge < -0.3 is 10.4 Å². The smallest absolute Gasteiger partial charge is 0.230 e. The molecule has 0 spiro atoms. The highest BCUT2D eigenvalue weighted by atomic mass is 32.2. The van der Waals surface area contributed by atoms with E-state index in [0.717, 1.165) is 15.0 Å². The molecule has 23 heavy (non-hydrogen) atoms. The lowest BCUT2D eigenvalue weighted by molar-refractivity contribution is -0.119. The van der Waals surface area contributed by atoms with E-state index < -0.39 is 5.60 Å². The van der Waals surface area contributed by atoms with Gasteiger partial charge in [-0.25, -0.2) is 0 Å². The summed E-state index contributed by atoms with van der Waals surface area (Å²) in [6.45, 7) is 2.02. The summed E-state index contributed by atoms with van der Waals surface area (Å²) < 4.78 is 1.16. The Morgan fingerprint density at radius 2 is 2.13 bits per heavy atom. The number of hydrogen-bond donors (Lipinski definition) is 2. The molecule has 1 saturated carbocycles. The summed E-state index contributed by atoms with van der Waals surface area (Å²) in [4.78, 5) is 12.9. The van der Waals surface area contributed by atoms with E-state index in [1.54, 1.807) is 30.0 Å². The maximum absolute atomic E-state index is 12.0. The Labute approximate surface area is 145 Å². The standard InChI is InChI=1S/C18H23NO2S2/c1-18(21,16-10-13-6-2-5-9-15(13)23-16)12-19-17(20)11-22-14-7-3-4-8-14/h2,5-6,9-10,14,21H,3-4,7-8,11-12H2,1H3,(H,19,20)/t18-/m0/s1. The fraction of sp³-hybridized carbons (Fsp3) is 0.500. The highest BCUT2D eigenvalue weighted by molar-refractivity contribution is 8.00. The van der Waals surface area contributed by atoms with Crippen molar-refractivity contribution < 1.29 is 9.90 Å². The highest BCUT2D eigenvalue weighted by Gasteiger charge is 2.26. The summed E-state index contributed by atoms with van der Waals surface area (Å²) >= 11 is 3.33. The largest absolute Gasteiger partial charge is 0.383 e. The molecule has 5 heteroatoms. The number of rotatable bonds is 6. The van der Waals surface area contributed by atoms with Gasteiger partial charge in [0.15, 0.2) is 0 Å². The number of amides is 1. The first-order valence-electron chi connectivity index (χ1n) is 8.14. The summed E-state index contributed by atoms with van der Waals surface area (Å²) in [5.74, 6) is 0.510. The van der Waals surface area contributed by atoms with Gasteiger partial charge in [0.1, 0.15) is 5.60 Å². The normalized spacial score (nSPS) is 18.2. The second-order valence-electron chi connectivity index (χ2n) is 6.42. The van der Waals surface area contributed by atoms with Crippen molar-refractivity contribution in [3.8, 4) is 0 Å². The SMILES string of the molecule is C[C@](O)(CNC(=O)CSC1CCCC1)c1cc2ccccc2s1. The van der Waals surface area contributed by atoms with Gasteiger partial charge in [-0.15, -0.1) is 23.1 Å². The molecule has 2 N–H and O–H groups in total. The van der Waals surface area contributed by atoms with Crippen molar-refractivity contribution in [1.29, 1.82) is 0 Å². The number of nitrogens with one attached hydrogen (secondary N) is 1. The van der Waals surface area contributed by atoms with Crippen LogP contribution < -0.4 is 5.32 Å². The molecule has 1 atom stereocenters. The van der Waals surface area contributed by atoms with Crippen LogP contribution in [0.15, 0.2) is 30.3 Å². The first-order chi connectivity index (χ1) is 11.0. The molecule has 0 radical (unpaired) electrons. The molecule has 1 fully saturated rings. The van der Waals surface area contributed by atoms with E-state index in [1.807, 2.05) is 24.3 Å². The Balaban J connectivity index is 1.54. The minimum Gasteiger partial charge on any atom is -0.383 e. The minimum absolute atomic E-state index is 0.0169. The molecule has 1 amide bonds. The highest BCUT2D eigenvalue weighted by Crippen LogP contribution is 2.33. The molecule has 0 saturated heterocycles. The molecule has 0 aliphatic heterocycles. The number of aliphatic hydroxyl groups is 1. The molecule has 1 aliphatic rings. The average molecular weight is 350 g/mol. The monoisotopic (exact) mass is 349 g/mol. The van der Waals surface area contributed by atoms with Gasteiger partial charge >= 0.3 is 0 Å². The predicted molar refractivity (Wildman–Crippen MR) is 99.1 cm³/mol. The second kappa shape index (κ2) is 7.24. The predicted octanol–water partition coefficient (Wildman–Crippen LogP) is 3.90. The van der Waals surface area contributed by atoms with Crippen LogP contribution in [0.5, 0.6) is 0 Å². The zero-order valence-electron chi connectivity index (χ0n) is 13.4. The topological polar surface area (TPSA) is 49.3 Å². The number of thioether (sulfide) groups is 1. The lowest BCUT2D eigenvalue weighted by atomic mass is 10.0. The fourth-order valence-corrected chi connectivity index (χ4v) is 5.17. The minimum atomic E-state index is -1.03. The van der Waals surface area contributed by atoms with Crippen molar-refractivity contribution in [2.75, 3.05) is 12.3 Å². The Bertz CT molecular complexity index is 641. The van der Waals surface area contributed by atoms with Gasteiger partial charge in [-0.3, -0.25) is 4.79 Å². The molecule has 1 heterocycles. The lowest BCUT2D eigenvalue weighted by Gasteiger charge is -2.22.